The van der Waals surface area contributed by atoms with E-state index in [1.54, 1.807) is 4.88 Å². The highest BCUT2D eigenvalue weighted by Crippen LogP contribution is 2.27. The Balaban J connectivity index is 1.43. The van der Waals surface area contributed by atoms with Crippen molar-refractivity contribution >= 4 is 34.9 Å². The lowest BCUT2D eigenvalue weighted by molar-refractivity contribution is 0.603. The molecule has 0 unspecified atom stereocenters. The second kappa shape index (κ2) is 6.64. The smallest absolute Gasteiger partial charge is 0.0943 e. The van der Waals surface area contributed by atoms with Crippen molar-refractivity contribution in [1.82, 2.24) is 10.3 Å². The lowest BCUT2D eigenvalue weighted by atomic mass is 10.3. The van der Waals surface area contributed by atoms with E-state index in [2.05, 4.69) is 28.8 Å². The van der Waals surface area contributed by atoms with E-state index in [1.165, 1.54) is 53.0 Å². The summed E-state index contributed by atoms with van der Waals surface area (Å²) >= 11 is 6.14. The molecule has 2 heterocycles. The van der Waals surface area contributed by atoms with Crippen molar-refractivity contribution in [2.75, 3.05) is 29.6 Å². The van der Waals surface area contributed by atoms with E-state index in [9.17, 15) is 0 Å². The lowest BCUT2D eigenvalue weighted by Gasteiger charge is -2.14. The number of hydrogen-bond donors (Lipinski definition) is 1. The predicted molar refractivity (Wildman–Crippen MR) is 84.3 cm³/mol. The van der Waals surface area contributed by atoms with Crippen LogP contribution in [0.25, 0.3) is 0 Å². The van der Waals surface area contributed by atoms with E-state index in [0.717, 1.165) is 13.0 Å². The van der Waals surface area contributed by atoms with E-state index in [1.807, 2.05) is 11.3 Å². The number of rotatable bonds is 4. The van der Waals surface area contributed by atoms with Gasteiger partial charge in [-0.2, -0.15) is 23.5 Å². The van der Waals surface area contributed by atoms with E-state index in [-0.39, 0.29) is 0 Å². The number of thioether (sulfide) groups is 2. The maximum atomic E-state index is 4.76. The topological polar surface area (TPSA) is 24.9 Å². The molecule has 0 radical (unpaired) electrons. The van der Waals surface area contributed by atoms with Gasteiger partial charge in [0.15, 0.2) is 0 Å². The van der Waals surface area contributed by atoms with Crippen molar-refractivity contribution in [3.63, 3.8) is 0 Å². The Kier molecular flexibility index (Phi) is 4.90. The van der Waals surface area contributed by atoms with Gasteiger partial charge < -0.3 is 5.32 Å². The fourth-order valence-corrected chi connectivity index (χ4v) is 6.09. The Labute approximate surface area is 122 Å². The minimum atomic E-state index is 0.703. The zero-order valence-corrected chi connectivity index (χ0v) is 13.1. The summed E-state index contributed by atoms with van der Waals surface area (Å²) in [4.78, 5) is 6.32. The first-order valence-corrected chi connectivity index (χ1v) is 9.91. The average Bonchev–Trinajstić information content (AvgIpc) is 2.83. The molecule has 1 aliphatic carbocycles. The molecule has 2 nitrogen and oxygen atoms in total. The van der Waals surface area contributed by atoms with Crippen molar-refractivity contribution in [2.45, 2.75) is 31.7 Å². The molecule has 1 aromatic heterocycles. The standard InChI is InChI=1S/C13H20N2S3/c1-2-11-12(3-1)18-13(15-11)4-5-14-10-8-16-6-7-17-9-10/h10,14H,1-9H2. The number of aryl methyl sites for hydroxylation is 2. The van der Waals surface area contributed by atoms with Crippen molar-refractivity contribution in [2.24, 2.45) is 0 Å². The molecule has 0 atom stereocenters. The SMILES string of the molecule is C1Cc2nc(CCNC3CSCCSC3)sc2C1. The third-order valence-corrected chi connectivity index (χ3v) is 7.16. The third-order valence-electron chi connectivity index (χ3n) is 3.42. The molecule has 0 saturated carbocycles. The molecule has 5 heteroatoms. The molecule has 0 bridgehead atoms. The number of hydrogen-bond acceptors (Lipinski definition) is 5. The zero-order chi connectivity index (χ0) is 12.2. The van der Waals surface area contributed by atoms with Crippen LogP contribution in [0.5, 0.6) is 0 Å². The molecule has 1 fully saturated rings. The van der Waals surface area contributed by atoms with Gasteiger partial charge in [-0.05, 0) is 19.3 Å². The maximum Gasteiger partial charge on any atom is 0.0943 e. The molecule has 1 aliphatic heterocycles. The Morgan fingerprint density at radius 2 is 2.00 bits per heavy atom. The predicted octanol–water partition coefficient (Wildman–Crippen LogP) is 2.61. The van der Waals surface area contributed by atoms with Crippen LogP contribution in [0.2, 0.25) is 0 Å². The Hall–Kier alpha value is 0.290. The maximum absolute atomic E-state index is 4.76. The van der Waals surface area contributed by atoms with E-state index in [0.29, 0.717) is 6.04 Å². The summed E-state index contributed by atoms with van der Waals surface area (Å²) in [7, 11) is 0. The number of fused-ring (bicyclic) bond motifs is 1. The van der Waals surface area contributed by atoms with Crippen LogP contribution in [0.3, 0.4) is 0 Å². The zero-order valence-electron chi connectivity index (χ0n) is 10.6. The molecule has 1 aromatic rings. The Morgan fingerprint density at radius 3 is 2.78 bits per heavy atom. The lowest BCUT2D eigenvalue weighted by Crippen LogP contribution is -2.34. The van der Waals surface area contributed by atoms with Gasteiger partial charge in [0.25, 0.3) is 0 Å². The largest absolute Gasteiger partial charge is 0.312 e. The van der Waals surface area contributed by atoms with E-state index in [4.69, 9.17) is 4.98 Å². The summed E-state index contributed by atoms with van der Waals surface area (Å²) in [5.41, 5.74) is 1.40. The molecule has 2 aliphatic rings. The minimum absolute atomic E-state index is 0.703. The van der Waals surface area contributed by atoms with Gasteiger partial charge >= 0.3 is 0 Å². The summed E-state index contributed by atoms with van der Waals surface area (Å²) in [5, 5.41) is 5.05. The van der Waals surface area contributed by atoms with Crippen LogP contribution in [0.4, 0.5) is 0 Å². The first-order valence-electron chi connectivity index (χ1n) is 6.78. The Morgan fingerprint density at radius 1 is 1.17 bits per heavy atom. The molecule has 0 aromatic carbocycles. The number of nitrogens with zero attached hydrogens (tertiary/aromatic N) is 1. The van der Waals surface area contributed by atoms with Crippen LogP contribution in [0, 0.1) is 0 Å². The summed E-state index contributed by atoms with van der Waals surface area (Å²) in [5.74, 6) is 5.20. The van der Waals surface area contributed by atoms with Gasteiger partial charge in [0.1, 0.15) is 0 Å². The van der Waals surface area contributed by atoms with Crippen molar-refractivity contribution in [3.05, 3.63) is 15.6 Å². The highest BCUT2D eigenvalue weighted by molar-refractivity contribution is 8.03. The van der Waals surface area contributed by atoms with Gasteiger partial charge in [-0.1, -0.05) is 0 Å². The van der Waals surface area contributed by atoms with Crippen LogP contribution in [-0.4, -0.2) is 40.6 Å². The first-order chi connectivity index (χ1) is 8.92. The van der Waals surface area contributed by atoms with E-state index < -0.39 is 0 Å². The molecule has 3 rings (SSSR count). The molecular weight excluding hydrogens is 280 g/mol. The van der Waals surface area contributed by atoms with Crippen LogP contribution in [0.1, 0.15) is 22.0 Å². The highest BCUT2D eigenvalue weighted by atomic mass is 32.2. The van der Waals surface area contributed by atoms with Gasteiger partial charge in [0.05, 0.1) is 10.7 Å². The Bertz CT molecular complexity index is 362. The van der Waals surface area contributed by atoms with Crippen LogP contribution in [-0.2, 0) is 19.3 Å². The summed E-state index contributed by atoms with van der Waals surface area (Å²) in [6.45, 7) is 1.10. The number of nitrogens with one attached hydrogen (secondary N) is 1. The summed E-state index contributed by atoms with van der Waals surface area (Å²) in [6.07, 6.45) is 4.93. The van der Waals surface area contributed by atoms with Gasteiger partial charge in [-0.3, -0.25) is 0 Å². The minimum Gasteiger partial charge on any atom is -0.312 e. The second-order valence-electron chi connectivity index (χ2n) is 4.88. The van der Waals surface area contributed by atoms with Crippen molar-refractivity contribution < 1.29 is 0 Å². The first kappa shape index (κ1) is 13.3. The van der Waals surface area contributed by atoms with Crippen LogP contribution < -0.4 is 5.32 Å². The summed E-state index contributed by atoms with van der Waals surface area (Å²) < 4.78 is 0. The molecule has 1 saturated heterocycles. The highest BCUT2D eigenvalue weighted by Gasteiger charge is 2.17. The van der Waals surface area contributed by atoms with Gasteiger partial charge in [0, 0.05) is 46.9 Å². The fourth-order valence-electron chi connectivity index (χ4n) is 2.47. The van der Waals surface area contributed by atoms with Gasteiger partial charge in [0.2, 0.25) is 0 Å². The van der Waals surface area contributed by atoms with Crippen molar-refractivity contribution in [3.8, 4) is 0 Å². The van der Waals surface area contributed by atoms with Gasteiger partial charge in [-0.25, -0.2) is 4.98 Å². The molecular formula is C13H20N2S3. The van der Waals surface area contributed by atoms with Gasteiger partial charge in [-0.15, -0.1) is 11.3 Å². The number of aromatic nitrogens is 1. The van der Waals surface area contributed by atoms with Crippen molar-refractivity contribution in [1.29, 1.82) is 0 Å². The fraction of sp³-hybridized carbons (Fsp3) is 0.769. The second-order valence-corrected chi connectivity index (χ2v) is 8.35. The monoisotopic (exact) mass is 300 g/mol. The van der Waals surface area contributed by atoms with Crippen LogP contribution >= 0.6 is 34.9 Å². The molecule has 18 heavy (non-hydrogen) atoms. The normalized spacial score (nSPS) is 20.9. The van der Waals surface area contributed by atoms with E-state index >= 15 is 0 Å². The molecule has 0 spiro atoms. The molecule has 1 N–H and O–H groups in total. The van der Waals surface area contributed by atoms with Crippen LogP contribution in [0.15, 0.2) is 0 Å². The third kappa shape index (κ3) is 3.44. The molecule has 0 amide bonds. The summed E-state index contributed by atoms with van der Waals surface area (Å²) in [6, 6.07) is 0.703. The number of thiazole rings is 1. The molecule has 100 valence electrons. The average molecular weight is 301 g/mol. The quantitative estimate of drug-likeness (QED) is 0.924.